The summed E-state index contributed by atoms with van der Waals surface area (Å²) in [7, 11) is 0. The second kappa shape index (κ2) is 6.60. The van der Waals surface area contributed by atoms with Gasteiger partial charge in [-0.15, -0.1) is 0 Å². The number of nitrogens with one attached hydrogen (secondary N) is 1. The Morgan fingerprint density at radius 3 is 3.09 bits per heavy atom. The fraction of sp³-hybridized carbons (Fsp3) is 0.222. The summed E-state index contributed by atoms with van der Waals surface area (Å²) in [6, 6.07) is 6.64. The van der Waals surface area contributed by atoms with Gasteiger partial charge in [0.2, 0.25) is 0 Å². The van der Waals surface area contributed by atoms with E-state index in [9.17, 15) is 9.18 Å². The van der Waals surface area contributed by atoms with E-state index < -0.39 is 5.97 Å². The zero-order valence-electron chi connectivity index (χ0n) is 12.5. The Morgan fingerprint density at radius 1 is 1.39 bits per heavy atom. The standard InChI is InChI=1S/C18H17FN2O2/c19-16-6-2-4-13-12(3-1-5-14(13)16)7-10-21-17-11-20-9-8-15(17)18(22)23/h2,4,6-12,21H,1,3,5H2,(H,22,23)/b10-7+. The Hall–Kier alpha value is -2.69. The van der Waals surface area contributed by atoms with Gasteiger partial charge in [-0.05, 0) is 48.7 Å². The van der Waals surface area contributed by atoms with Crippen molar-refractivity contribution in [2.75, 3.05) is 5.32 Å². The third-order valence-corrected chi connectivity index (χ3v) is 4.12. The van der Waals surface area contributed by atoms with Crippen LogP contribution in [0.2, 0.25) is 0 Å². The van der Waals surface area contributed by atoms with Crippen molar-refractivity contribution in [2.24, 2.45) is 0 Å². The van der Waals surface area contributed by atoms with Gasteiger partial charge >= 0.3 is 5.97 Å². The van der Waals surface area contributed by atoms with Crippen LogP contribution in [-0.2, 0) is 6.42 Å². The maximum absolute atomic E-state index is 13.9. The molecule has 0 saturated heterocycles. The molecule has 1 atom stereocenters. The summed E-state index contributed by atoms with van der Waals surface area (Å²) >= 11 is 0. The number of halogens is 1. The number of hydrogen-bond acceptors (Lipinski definition) is 3. The lowest BCUT2D eigenvalue weighted by Crippen LogP contribution is -2.10. The summed E-state index contributed by atoms with van der Waals surface area (Å²) < 4.78 is 13.9. The number of nitrogens with zero attached hydrogens (tertiary/aromatic N) is 1. The summed E-state index contributed by atoms with van der Waals surface area (Å²) in [5.74, 6) is -1.02. The van der Waals surface area contributed by atoms with Crippen molar-refractivity contribution in [1.82, 2.24) is 4.98 Å². The van der Waals surface area contributed by atoms with Gasteiger partial charge in [-0.25, -0.2) is 9.18 Å². The van der Waals surface area contributed by atoms with E-state index in [-0.39, 0.29) is 17.3 Å². The quantitative estimate of drug-likeness (QED) is 0.897. The first-order valence-corrected chi connectivity index (χ1v) is 7.54. The van der Waals surface area contributed by atoms with Gasteiger partial charge in [0, 0.05) is 12.1 Å². The first kappa shape index (κ1) is 15.2. The Kier molecular flexibility index (Phi) is 4.37. The highest BCUT2D eigenvalue weighted by molar-refractivity contribution is 5.94. The van der Waals surface area contributed by atoms with E-state index >= 15 is 0 Å². The van der Waals surface area contributed by atoms with Crippen LogP contribution in [0.3, 0.4) is 0 Å². The number of carboxylic acids is 1. The summed E-state index contributed by atoms with van der Waals surface area (Å²) in [6.45, 7) is 0. The van der Waals surface area contributed by atoms with Crippen LogP contribution in [0.4, 0.5) is 10.1 Å². The lowest BCUT2D eigenvalue weighted by molar-refractivity contribution is 0.0698. The Balaban J connectivity index is 1.78. The summed E-state index contributed by atoms with van der Waals surface area (Å²) in [5.41, 5.74) is 2.41. The van der Waals surface area contributed by atoms with Crippen LogP contribution in [0, 0.1) is 5.82 Å². The highest BCUT2D eigenvalue weighted by Crippen LogP contribution is 2.33. The fourth-order valence-corrected chi connectivity index (χ4v) is 2.99. The number of aromatic nitrogens is 1. The molecule has 0 aliphatic heterocycles. The van der Waals surface area contributed by atoms with E-state index in [2.05, 4.69) is 10.3 Å². The predicted molar refractivity (Wildman–Crippen MR) is 86.0 cm³/mol. The van der Waals surface area contributed by atoms with Gasteiger partial charge in [0.05, 0.1) is 17.4 Å². The van der Waals surface area contributed by atoms with Gasteiger partial charge < -0.3 is 10.4 Å². The van der Waals surface area contributed by atoms with Crippen LogP contribution in [0.1, 0.15) is 40.2 Å². The highest BCUT2D eigenvalue weighted by Gasteiger charge is 2.20. The topological polar surface area (TPSA) is 62.2 Å². The van der Waals surface area contributed by atoms with Crippen molar-refractivity contribution in [3.63, 3.8) is 0 Å². The molecule has 5 heteroatoms. The molecule has 1 aliphatic rings. The van der Waals surface area contributed by atoms with E-state index in [0.717, 1.165) is 30.4 Å². The van der Waals surface area contributed by atoms with Crippen LogP contribution in [0.25, 0.3) is 0 Å². The minimum absolute atomic E-state index is 0.131. The smallest absolute Gasteiger partial charge is 0.337 e. The second-order valence-electron chi connectivity index (χ2n) is 5.54. The molecule has 0 amide bonds. The van der Waals surface area contributed by atoms with Crippen molar-refractivity contribution in [1.29, 1.82) is 0 Å². The Bertz CT molecular complexity index is 758. The SMILES string of the molecule is O=C(O)c1ccncc1N/C=C/C1CCCc2c(F)cccc21. The molecule has 1 aromatic heterocycles. The van der Waals surface area contributed by atoms with Gasteiger partial charge in [0.1, 0.15) is 5.82 Å². The monoisotopic (exact) mass is 312 g/mol. The molecule has 23 heavy (non-hydrogen) atoms. The Labute approximate surface area is 133 Å². The number of fused-ring (bicyclic) bond motifs is 1. The van der Waals surface area contributed by atoms with Crippen LogP contribution < -0.4 is 5.32 Å². The van der Waals surface area contributed by atoms with Gasteiger partial charge in [-0.2, -0.15) is 0 Å². The highest BCUT2D eigenvalue weighted by atomic mass is 19.1. The Morgan fingerprint density at radius 2 is 2.26 bits per heavy atom. The first-order chi connectivity index (χ1) is 11.2. The lowest BCUT2D eigenvalue weighted by atomic mass is 9.82. The molecular weight excluding hydrogens is 295 g/mol. The van der Waals surface area contributed by atoms with E-state index in [4.69, 9.17) is 5.11 Å². The maximum Gasteiger partial charge on any atom is 0.337 e. The molecule has 0 saturated carbocycles. The van der Waals surface area contributed by atoms with Crippen LogP contribution in [0.5, 0.6) is 0 Å². The number of allylic oxidation sites excluding steroid dienone is 1. The van der Waals surface area contributed by atoms with Crippen molar-refractivity contribution in [3.8, 4) is 0 Å². The average Bonchev–Trinajstić information content (AvgIpc) is 2.56. The normalized spacial score (nSPS) is 17.0. The molecular formula is C18H17FN2O2. The molecule has 1 heterocycles. The van der Waals surface area contributed by atoms with Crippen LogP contribution in [-0.4, -0.2) is 16.1 Å². The molecule has 118 valence electrons. The number of pyridine rings is 1. The minimum Gasteiger partial charge on any atom is -0.478 e. The van der Waals surface area contributed by atoms with E-state index in [1.165, 1.54) is 24.5 Å². The molecule has 2 N–H and O–H groups in total. The zero-order valence-corrected chi connectivity index (χ0v) is 12.5. The molecule has 0 radical (unpaired) electrons. The van der Waals surface area contributed by atoms with Gasteiger partial charge in [-0.1, -0.05) is 18.2 Å². The number of hydrogen-bond donors (Lipinski definition) is 2. The maximum atomic E-state index is 13.9. The van der Waals surface area contributed by atoms with Crippen LogP contribution in [0.15, 0.2) is 48.9 Å². The molecule has 3 rings (SSSR count). The summed E-state index contributed by atoms with van der Waals surface area (Å²) in [4.78, 5) is 15.1. The predicted octanol–water partition coefficient (Wildman–Crippen LogP) is 3.96. The van der Waals surface area contributed by atoms with Gasteiger partial charge in [0.15, 0.2) is 0 Å². The first-order valence-electron chi connectivity index (χ1n) is 7.54. The second-order valence-corrected chi connectivity index (χ2v) is 5.54. The summed E-state index contributed by atoms with van der Waals surface area (Å²) in [6.07, 6.45) is 9.25. The van der Waals surface area contributed by atoms with E-state index in [1.54, 1.807) is 12.3 Å². The van der Waals surface area contributed by atoms with Crippen molar-refractivity contribution in [2.45, 2.75) is 25.2 Å². The number of benzene rings is 1. The number of carboxylic acid groups (broad SMARTS) is 1. The molecule has 4 nitrogen and oxygen atoms in total. The summed E-state index contributed by atoms with van der Waals surface area (Å²) in [5, 5.41) is 12.1. The van der Waals surface area contributed by atoms with Crippen LogP contribution >= 0.6 is 0 Å². The molecule has 0 bridgehead atoms. The lowest BCUT2D eigenvalue weighted by Gasteiger charge is -2.23. The number of anilines is 1. The fourth-order valence-electron chi connectivity index (χ4n) is 2.99. The van der Waals surface area contributed by atoms with E-state index in [1.807, 2.05) is 12.1 Å². The molecule has 0 fully saturated rings. The molecule has 0 spiro atoms. The molecule has 2 aromatic rings. The van der Waals surface area contributed by atoms with Crippen molar-refractivity contribution >= 4 is 11.7 Å². The zero-order chi connectivity index (χ0) is 16.2. The van der Waals surface area contributed by atoms with Gasteiger partial charge in [-0.3, -0.25) is 4.98 Å². The van der Waals surface area contributed by atoms with E-state index in [0.29, 0.717) is 5.69 Å². The van der Waals surface area contributed by atoms with Gasteiger partial charge in [0.25, 0.3) is 0 Å². The minimum atomic E-state index is -1.01. The average molecular weight is 312 g/mol. The van der Waals surface area contributed by atoms with Crippen molar-refractivity contribution in [3.05, 3.63) is 71.4 Å². The number of aromatic carboxylic acids is 1. The molecule has 1 aliphatic carbocycles. The third-order valence-electron chi connectivity index (χ3n) is 4.12. The molecule has 1 aromatic carbocycles. The largest absolute Gasteiger partial charge is 0.478 e. The number of carbonyl (C=O) groups is 1. The number of rotatable bonds is 4. The third kappa shape index (κ3) is 3.23. The molecule has 1 unspecified atom stereocenters. The van der Waals surface area contributed by atoms with Crippen molar-refractivity contribution < 1.29 is 14.3 Å².